The van der Waals surface area contributed by atoms with Crippen molar-refractivity contribution >= 4 is 47.1 Å². The maximum Gasteiger partial charge on any atom is 0.416 e. The summed E-state index contributed by atoms with van der Waals surface area (Å²) in [4.78, 5) is 94.6. The highest BCUT2D eigenvalue weighted by Crippen LogP contribution is 2.44. The van der Waals surface area contributed by atoms with Crippen LogP contribution in [0.1, 0.15) is 59.3 Å². The number of piperazine rings is 2. The summed E-state index contributed by atoms with van der Waals surface area (Å²) >= 11 is 0. The molecule has 2 atom stereocenters. The van der Waals surface area contributed by atoms with Crippen LogP contribution in [0.25, 0.3) is 0 Å². The Morgan fingerprint density at radius 1 is 0.583 bits per heavy atom. The zero-order valence-electron chi connectivity index (χ0n) is 46.4. The van der Waals surface area contributed by atoms with Crippen molar-refractivity contribution in [1.29, 1.82) is 10.5 Å². The number of halogens is 7. The van der Waals surface area contributed by atoms with Crippen LogP contribution in [0.5, 0.6) is 0 Å². The Hall–Kier alpha value is -8.05. The number of carbonyl (C=O) groups is 6. The first kappa shape index (κ1) is 63.5. The van der Waals surface area contributed by atoms with Gasteiger partial charge in [-0.2, -0.15) is 36.9 Å². The second kappa shape index (κ2) is 26.7. The van der Waals surface area contributed by atoms with Crippen LogP contribution < -0.4 is 55.0 Å². The van der Waals surface area contributed by atoms with Gasteiger partial charge in [-0.1, -0.05) is 36.4 Å². The number of rotatable bonds is 16. The lowest BCUT2D eigenvalue weighted by molar-refractivity contribution is -0.887. The molecule has 2 saturated heterocycles. The third kappa shape index (κ3) is 14.3. The number of likely N-dealkylation sites (N-methyl/N-ethyl adjacent to an activating group) is 1. The number of carbonyl (C=O) groups excluding carboxylic acids is 6. The highest BCUT2D eigenvalue weighted by molar-refractivity contribution is 6.07. The molecule has 0 bridgehead atoms. The molecule has 444 valence electrons. The van der Waals surface area contributed by atoms with E-state index in [4.69, 9.17) is 0 Å². The number of nitrogens with zero attached hydrogens (tertiary/aromatic N) is 9. The number of hydrogen-bond donors (Lipinski definition) is 4. The van der Waals surface area contributed by atoms with Crippen molar-refractivity contribution in [3.63, 3.8) is 0 Å². The number of hydrogen-bond acceptors (Lipinski definition) is 10. The van der Waals surface area contributed by atoms with Gasteiger partial charge in [0.2, 0.25) is 11.8 Å². The minimum Gasteiger partial charge on any atom is -1.00 e. The first-order valence-electron chi connectivity index (χ1n) is 26.8. The molecule has 4 aliphatic rings. The molecule has 0 aliphatic carbocycles. The van der Waals surface area contributed by atoms with Gasteiger partial charge in [-0.05, 0) is 85.6 Å². The average molecular weight is 1280 g/mol. The lowest BCUT2D eigenvalue weighted by atomic mass is 9.91. The minimum atomic E-state index is -4.78. The third-order valence-electron chi connectivity index (χ3n) is 15.0. The number of anilines is 2. The monoisotopic (exact) mass is 1280 g/mol. The highest BCUT2D eigenvalue weighted by Gasteiger charge is 2.47. The van der Waals surface area contributed by atoms with Crippen LogP contribution in [0.2, 0.25) is 0 Å². The Bertz CT molecular complexity index is 3080. The van der Waals surface area contributed by atoms with Gasteiger partial charge in [0.25, 0.3) is 11.8 Å². The maximum absolute atomic E-state index is 14.8. The molecule has 4 aliphatic heterocycles. The second-order valence-electron chi connectivity index (χ2n) is 21.0. The maximum atomic E-state index is 14.8. The van der Waals surface area contributed by atoms with Crippen LogP contribution >= 0.6 is 0 Å². The van der Waals surface area contributed by atoms with E-state index < -0.39 is 84.3 Å². The van der Waals surface area contributed by atoms with Crippen molar-refractivity contribution in [2.45, 2.75) is 38.3 Å². The smallest absolute Gasteiger partial charge is 0.416 e. The minimum absolute atomic E-state index is 0. The zero-order chi connectivity index (χ0) is 60.0. The Morgan fingerprint density at radius 2 is 0.929 bits per heavy atom. The van der Waals surface area contributed by atoms with Gasteiger partial charge in [0.15, 0.2) is 0 Å². The molecule has 4 aromatic rings. The summed E-state index contributed by atoms with van der Waals surface area (Å²) in [6.07, 6.45) is -9.56. The van der Waals surface area contributed by atoms with Crippen molar-refractivity contribution in [2.75, 3.05) is 116 Å². The molecule has 8 rings (SSSR count). The van der Waals surface area contributed by atoms with Gasteiger partial charge >= 0.3 is 24.4 Å². The standard InChI is InChI=1S/C58H61F6N13O6.HI/c1-37-49(53(80)71-25-19-67-20-26-71)51(41-15-11-39(33-65)12-16-41)73(55(82)75(37)45-9-5-7-43(31-45)57(59,60)61)35-47(78)69-23-29-77(3,4)30-24-70-48(79)36-74-52(42-17-13-40(34-66)14-18-42)50(54(81)72-27-21-68-22-28-72)38(2)76(56(74)83)46-10-6-8-44(32-46)58(62,63)64;/h5-18,31-32,51-52,67-68H,19-30,35-36H2,1-4H3,(H-,69,70,78,79);1H/t51-,52-;/m1./s1. The Morgan fingerprint density at radius 3 is 1.25 bits per heavy atom. The summed E-state index contributed by atoms with van der Waals surface area (Å²) in [6, 6.07) is 20.2. The Kier molecular flexibility index (Phi) is 20.2. The van der Waals surface area contributed by atoms with Crippen LogP contribution in [0.4, 0.5) is 47.3 Å². The molecule has 26 heteroatoms. The lowest BCUT2D eigenvalue weighted by Crippen LogP contribution is -3.00. The second-order valence-corrected chi connectivity index (χ2v) is 21.0. The first-order valence-corrected chi connectivity index (χ1v) is 26.8. The van der Waals surface area contributed by atoms with E-state index in [0.717, 1.165) is 56.0 Å². The molecule has 0 unspecified atom stereocenters. The predicted molar refractivity (Wildman–Crippen MR) is 292 cm³/mol. The van der Waals surface area contributed by atoms with Gasteiger partial charge in [0, 0.05) is 63.8 Å². The van der Waals surface area contributed by atoms with Crippen molar-refractivity contribution < 1.29 is 83.6 Å². The molecular formula is C58H62F6IN13O6. The SMILES string of the molecule is CC1=C(C(=O)N2CCNCC2)[C@@H](c2ccc(C#N)cc2)N(CC(=O)NCC[N+](C)(C)CCNC(=O)CN2C(=O)N(c3cccc(C(F)(F)F)c3)C(C)=C(C(=O)N3CCNCC3)[C@H]2c2ccc(C#N)cc2)C(=O)N1c1cccc(C(F)(F)F)c1.[I-]. The predicted octanol–water partition coefficient (Wildman–Crippen LogP) is 2.86. The topological polar surface area (TPSA) is 218 Å². The van der Waals surface area contributed by atoms with E-state index in [-0.39, 0.29) is 126 Å². The van der Waals surface area contributed by atoms with E-state index in [1.165, 1.54) is 50.2 Å². The summed E-state index contributed by atoms with van der Waals surface area (Å²) in [7, 11) is 3.62. The third-order valence-corrected chi connectivity index (χ3v) is 15.0. The van der Waals surface area contributed by atoms with Gasteiger partial charge < -0.3 is 69.3 Å². The fraction of sp³-hybridized carbons (Fsp3) is 0.379. The Labute approximate surface area is 498 Å². The average Bonchev–Trinajstić information content (AvgIpc) is 3.55. The quantitative estimate of drug-likeness (QED) is 0.0731. The number of alkyl halides is 6. The Balaban J connectivity index is 0.0000101. The molecule has 4 heterocycles. The summed E-state index contributed by atoms with van der Waals surface area (Å²) in [5.74, 6) is -2.35. The fourth-order valence-corrected chi connectivity index (χ4v) is 10.6. The summed E-state index contributed by atoms with van der Waals surface area (Å²) in [5, 5.41) is 31.2. The molecular weight excluding hydrogens is 1220 g/mol. The number of nitriles is 2. The van der Waals surface area contributed by atoms with Gasteiger partial charge in [0.05, 0.1) is 109 Å². The first-order chi connectivity index (χ1) is 39.4. The van der Waals surface area contributed by atoms with Crippen molar-refractivity contribution in [3.8, 4) is 12.1 Å². The summed E-state index contributed by atoms with van der Waals surface area (Å²) in [6.45, 7) is 5.09. The molecule has 4 aromatic carbocycles. The van der Waals surface area contributed by atoms with Crippen LogP contribution in [-0.2, 0) is 31.5 Å². The molecule has 0 radical (unpaired) electrons. The molecule has 2 fully saturated rings. The van der Waals surface area contributed by atoms with E-state index >= 15 is 0 Å². The van der Waals surface area contributed by atoms with E-state index in [1.807, 2.05) is 26.2 Å². The van der Waals surface area contributed by atoms with Crippen LogP contribution in [0.15, 0.2) is 120 Å². The molecule has 8 amide bonds. The fourth-order valence-electron chi connectivity index (χ4n) is 10.6. The summed E-state index contributed by atoms with van der Waals surface area (Å²) < 4.78 is 84.8. The zero-order valence-corrected chi connectivity index (χ0v) is 48.6. The number of urea groups is 2. The lowest BCUT2D eigenvalue weighted by Gasteiger charge is -2.44. The van der Waals surface area contributed by atoms with Crippen molar-refractivity contribution in [3.05, 3.63) is 153 Å². The van der Waals surface area contributed by atoms with Crippen LogP contribution in [0, 0.1) is 22.7 Å². The molecule has 19 nitrogen and oxygen atoms in total. The molecule has 4 N–H and O–H groups in total. The largest absolute Gasteiger partial charge is 1.00 e. The number of benzene rings is 4. The van der Waals surface area contributed by atoms with Gasteiger partial charge in [-0.15, -0.1) is 0 Å². The molecule has 84 heavy (non-hydrogen) atoms. The number of amides is 8. The van der Waals surface area contributed by atoms with E-state index in [0.29, 0.717) is 37.3 Å². The molecule has 0 aromatic heterocycles. The summed E-state index contributed by atoms with van der Waals surface area (Å²) in [5.41, 5.74) is -0.992. The van der Waals surface area contributed by atoms with Crippen LogP contribution in [0.3, 0.4) is 0 Å². The van der Waals surface area contributed by atoms with Gasteiger partial charge in [0.1, 0.15) is 13.1 Å². The van der Waals surface area contributed by atoms with Crippen molar-refractivity contribution in [1.82, 2.24) is 40.9 Å². The molecule has 0 saturated carbocycles. The van der Waals surface area contributed by atoms with Gasteiger partial charge in [-0.25, -0.2) is 9.59 Å². The normalized spacial score (nSPS) is 18.0. The number of allylic oxidation sites excluding steroid dienone is 2. The van der Waals surface area contributed by atoms with E-state index in [1.54, 1.807) is 34.1 Å². The number of quaternary nitrogens is 1. The number of nitrogens with one attached hydrogen (secondary N) is 4. The van der Waals surface area contributed by atoms with Crippen LogP contribution in [-0.4, -0.2) is 165 Å². The van der Waals surface area contributed by atoms with E-state index in [2.05, 4.69) is 21.3 Å². The van der Waals surface area contributed by atoms with Crippen molar-refractivity contribution in [2.24, 2.45) is 0 Å². The molecule has 0 spiro atoms. The highest BCUT2D eigenvalue weighted by atomic mass is 127. The van der Waals surface area contributed by atoms with Gasteiger partial charge in [-0.3, -0.25) is 29.0 Å². The van der Waals surface area contributed by atoms with E-state index in [9.17, 15) is 65.6 Å².